The molecule has 0 aliphatic heterocycles. The number of hydrogen-bond donors (Lipinski definition) is 2. The predicted molar refractivity (Wildman–Crippen MR) is 59.6 cm³/mol. The van der Waals surface area contributed by atoms with E-state index in [1.165, 1.54) is 4.90 Å². The number of urea groups is 1. The molecule has 2 N–H and O–H groups in total. The number of carbonyl (C=O) groups excluding carboxylic acids is 2. The first kappa shape index (κ1) is 13.7. The van der Waals surface area contributed by atoms with Crippen LogP contribution in [-0.2, 0) is 4.79 Å². The third-order valence-corrected chi connectivity index (χ3v) is 1.97. The Morgan fingerprint density at radius 1 is 1.33 bits per heavy atom. The van der Waals surface area contributed by atoms with Crippen molar-refractivity contribution in [3.05, 3.63) is 0 Å². The summed E-state index contributed by atoms with van der Waals surface area (Å²) in [7, 11) is 3.32. The number of unbranched alkanes of at least 4 members (excludes halogenated alkanes) is 1. The summed E-state index contributed by atoms with van der Waals surface area (Å²) >= 11 is 0. The van der Waals surface area contributed by atoms with Crippen LogP contribution in [0.5, 0.6) is 0 Å². The van der Waals surface area contributed by atoms with Crippen LogP contribution in [0.1, 0.15) is 26.7 Å². The maximum Gasteiger partial charge on any atom is 0.315 e. The quantitative estimate of drug-likeness (QED) is 0.658. The number of amides is 3. The molecule has 5 nitrogen and oxygen atoms in total. The molecule has 88 valence electrons. The van der Waals surface area contributed by atoms with Crippen molar-refractivity contribution in [3.8, 4) is 0 Å². The molecule has 0 aromatic heterocycles. The fourth-order valence-corrected chi connectivity index (χ4v) is 1.08. The van der Waals surface area contributed by atoms with Crippen LogP contribution in [-0.4, -0.2) is 43.5 Å². The van der Waals surface area contributed by atoms with Crippen LogP contribution >= 0.6 is 0 Å². The van der Waals surface area contributed by atoms with Crippen molar-refractivity contribution in [1.29, 1.82) is 0 Å². The largest absolute Gasteiger partial charge is 0.347 e. The van der Waals surface area contributed by atoms with Gasteiger partial charge in [0.05, 0.1) is 0 Å². The smallest absolute Gasteiger partial charge is 0.315 e. The van der Waals surface area contributed by atoms with E-state index in [0.717, 1.165) is 12.8 Å². The van der Waals surface area contributed by atoms with Gasteiger partial charge in [0.15, 0.2) is 0 Å². The van der Waals surface area contributed by atoms with E-state index in [9.17, 15) is 9.59 Å². The van der Waals surface area contributed by atoms with E-state index in [1.807, 2.05) is 0 Å². The van der Waals surface area contributed by atoms with Gasteiger partial charge in [-0.25, -0.2) is 4.79 Å². The van der Waals surface area contributed by atoms with Gasteiger partial charge >= 0.3 is 6.03 Å². The van der Waals surface area contributed by atoms with Crippen molar-refractivity contribution in [3.63, 3.8) is 0 Å². The van der Waals surface area contributed by atoms with Gasteiger partial charge in [-0.15, -0.1) is 0 Å². The van der Waals surface area contributed by atoms with Gasteiger partial charge < -0.3 is 15.5 Å². The number of nitrogens with zero attached hydrogens (tertiary/aromatic N) is 1. The first-order valence-corrected chi connectivity index (χ1v) is 5.24. The maximum absolute atomic E-state index is 11.4. The fourth-order valence-electron chi connectivity index (χ4n) is 1.08. The van der Waals surface area contributed by atoms with Crippen molar-refractivity contribution in [2.75, 3.05) is 20.6 Å². The van der Waals surface area contributed by atoms with E-state index in [0.29, 0.717) is 6.54 Å². The van der Waals surface area contributed by atoms with Gasteiger partial charge in [-0.3, -0.25) is 4.79 Å². The molecule has 1 unspecified atom stereocenters. The Morgan fingerprint density at radius 3 is 2.40 bits per heavy atom. The molecule has 15 heavy (non-hydrogen) atoms. The summed E-state index contributed by atoms with van der Waals surface area (Å²) in [6.07, 6.45) is 1.98. The number of likely N-dealkylation sites (N-methyl/N-ethyl adjacent to an activating group) is 1. The first-order chi connectivity index (χ1) is 6.99. The first-order valence-electron chi connectivity index (χ1n) is 5.24. The Bertz CT molecular complexity index is 217. The third-order valence-electron chi connectivity index (χ3n) is 1.97. The van der Waals surface area contributed by atoms with Gasteiger partial charge in [0.2, 0.25) is 5.91 Å². The number of carbonyl (C=O) groups is 2. The summed E-state index contributed by atoms with van der Waals surface area (Å²) < 4.78 is 0. The Morgan fingerprint density at radius 2 is 1.93 bits per heavy atom. The Kier molecular flexibility index (Phi) is 6.49. The highest BCUT2D eigenvalue weighted by molar-refractivity contribution is 5.86. The highest BCUT2D eigenvalue weighted by Crippen LogP contribution is 1.88. The number of nitrogens with one attached hydrogen (secondary N) is 2. The molecule has 0 aromatic carbocycles. The van der Waals surface area contributed by atoms with Crippen molar-refractivity contribution < 1.29 is 9.59 Å². The molecular weight excluding hydrogens is 194 g/mol. The van der Waals surface area contributed by atoms with E-state index in [4.69, 9.17) is 0 Å². The third kappa shape index (κ3) is 5.93. The van der Waals surface area contributed by atoms with E-state index >= 15 is 0 Å². The molecule has 0 fully saturated rings. The van der Waals surface area contributed by atoms with Crippen LogP contribution in [0.3, 0.4) is 0 Å². The Labute approximate surface area is 91.2 Å². The van der Waals surface area contributed by atoms with Gasteiger partial charge in [0, 0.05) is 20.6 Å². The second-order valence-corrected chi connectivity index (χ2v) is 3.71. The minimum Gasteiger partial charge on any atom is -0.347 e. The molecule has 0 aromatic rings. The molecule has 0 spiro atoms. The number of rotatable bonds is 5. The summed E-state index contributed by atoms with van der Waals surface area (Å²) in [5.41, 5.74) is 0. The van der Waals surface area contributed by atoms with Gasteiger partial charge in [-0.2, -0.15) is 0 Å². The molecule has 0 rings (SSSR count). The van der Waals surface area contributed by atoms with E-state index in [-0.39, 0.29) is 11.9 Å². The topological polar surface area (TPSA) is 61.4 Å². The second-order valence-electron chi connectivity index (χ2n) is 3.71. The summed E-state index contributed by atoms with van der Waals surface area (Å²) in [4.78, 5) is 24.1. The zero-order chi connectivity index (χ0) is 11.8. The van der Waals surface area contributed by atoms with Gasteiger partial charge in [-0.05, 0) is 13.3 Å². The molecule has 1 atom stereocenters. The van der Waals surface area contributed by atoms with E-state index in [1.54, 1.807) is 21.0 Å². The minimum absolute atomic E-state index is 0.111. The SMILES string of the molecule is CCCCNC(=O)NC(C)C(=O)N(C)C. The lowest BCUT2D eigenvalue weighted by molar-refractivity contribution is -0.130. The lowest BCUT2D eigenvalue weighted by Crippen LogP contribution is -2.48. The average Bonchev–Trinajstić information content (AvgIpc) is 2.16. The van der Waals surface area contributed by atoms with Gasteiger partial charge in [-0.1, -0.05) is 13.3 Å². The van der Waals surface area contributed by atoms with E-state index in [2.05, 4.69) is 17.6 Å². The summed E-state index contributed by atoms with van der Waals surface area (Å²) in [6, 6.07) is -0.771. The Balaban J connectivity index is 3.81. The van der Waals surface area contributed by atoms with Crippen LogP contribution in [0.25, 0.3) is 0 Å². The average molecular weight is 215 g/mol. The predicted octanol–water partition coefficient (Wildman–Crippen LogP) is 0.562. The normalized spacial score (nSPS) is 11.7. The molecule has 3 amide bonds. The molecule has 5 heteroatoms. The minimum atomic E-state index is -0.485. The van der Waals surface area contributed by atoms with Crippen molar-refractivity contribution >= 4 is 11.9 Å². The van der Waals surface area contributed by atoms with Crippen LogP contribution < -0.4 is 10.6 Å². The Hall–Kier alpha value is -1.26. The molecule has 0 radical (unpaired) electrons. The molecule has 0 heterocycles. The molecule has 0 aliphatic carbocycles. The molecule has 0 saturated carbocycles. The highest BCUT2D eigenvalue weighted by Gasteiger charge is 2.16. The highest BCUT2D eigenvalue weighted by atomic mass is 16.2. The van der Waals surface area contributed by atoms with Crippen LogP contribution in [0, 0.1) is 0 Å². The van der Waals surface area contributed by atoms with Crippen molar-refractivity contribution in [1.82, 2.24) is 15.5 Å². The molecule has 0 bridgehead atoms. The maximum atomic E-state index is 11.4. The zero-order valence-electron chi connectivity index (χ0n) is 9.96. The van der Waals surface area contributed by atoms with Crippen LogP contribution in [0.15, 0.2) is 0 Å². The number of hydrogen-bond acceptors (Lipinski definition) is 2. The summed E-state index contributed by atoms with van der Waals surface area (Å²) in [5, 5.41) is 5.27. The van der Waals surface area contributed by atoms with Crippen molar-refractivity contribution in [2.24, 2.45) is 0 Å². The van der Waals surface area contributed by atoms with Crippen molar-refractivity contribution in [2.45, 2.75) is 32.7 Å². The monoisotopic (exact) mass is 215 g/mol. The van der Waals surface area contributed by atoms with Gasteiger partial charge in [0.25, 0.3) is 0 Å². The summed E-state index contributed by atoms with van der Waals surface area (Å²) in [5.74, 6) is -0.111. The second kappa shape index (κ2) is 7.09. The summed E-state index contributed by atoms with van der Waals surface area (Å²) in [6.45, 7) is 4.37. The fraction of sp³-hybridized carbons (Fsp3) is 0.800. The van der Waals surface area contributed by atoms with Crippen LogP contribution in [0.2, 0.25) is 0 Å². The molecule has 0 saturated heterocycles. The molecule has 0 aliphatic rings. The van der Waals surface area contributed by atoms with E-state index < -0.39 is 6.04 Å². The zero-order valence-corrected chi connectivity index (χ0v) is 9.96. The van der Waals surface area contributed by atoms with Crippen LogP contribution in [0.4, 0.5) is 4.79 Å². The lowest BCUT2D eigenvalue weighted by Gasteiger charge is -2.18. The van der Waals surface area contributed by atoms with Gasteiger partial charge in [0.1, 0.15) is 6.04 Å². The molecular formula is C10H21N3O2. The standard InChI is InChI=1S/C10H21N3O2/c1-5-6-7-11-10(15)12-8(2)9(14)13(3)4/h8H,5-7H2,1-4H3,(H2,11,12,15). The lowest BCUT2D eigenvalue weighted by atomic mass is 10.3.